The number of unbranched alkanes of at least 4 members (excludes halogenated alkanes) is 2. The summed E-state index contributed by atoms with van der Waals surface area (Å²) < 4.78 is 0. The summed E-state index contributed by atoms with van der Waals surface area (Å²) in [6.07, 6.45) is 12.6. The van der Waals surface area contributed by atoms with Crippen LogP contribution in [-0.4, -0.2) is 0 Å². The summed E-state index contributed by atoms with van der Waals surface area (Å²) in [6.45, 7) is 2.30. The number of hydrogen-bond acceptors (Lipinski definition) is 0. The lowest BCUT2D eigenvalue weighted by molar-refractivity contribution is 0.266. The second-order valence-electron chi connectivity index (χ2n) is 5.59. The second kappa shape index (κ2) is 6.23. The molecule has 2 rings (SSSR count). The molecule has 0 amide bonds. The maximum atomic E-state index is 3.27. The Labute approximate surface area is 106 Å². The zero-order valence-corrected chi connectivity index (χ0v) is 11.2. The van der Waals surface area contributed by atoms with E-state index in [1.807, 2.05) is 6.07 Å². The van der Waals surface area contributed by atoms with Gasteiger partial charge in [0, 0.05) is 0 Å². The fourth-order valence-electron chi connectivity index (χ4n) is 3.35. The van der Waals surface area contributed by atoms with Crippen molar-refractivity contribution in [2.75, 3.05) is 0 Å². The van der Waals surface area contributed by atoms with Gasteiger partial charge in [-0.15, -0.1) is 0 Å². The molecule has 0 saturated heterocycles. The molecule has 0 heteroatoms. The minimum Gasteiger partial charge on any atom is -0.0654 e. The predicted octanol–water partition coefficient (Wildman–Crippen LogP) is 5.27. The normalized spacial score (nSPS) is 19.1. The van der Waals surface area contributed by atoms with E-state index in [1.165, 1.54) is 57.8 Å². The molecule has 1 aromatic rings. The van der Waals surface area contributed by atoms with Crippen LogP contribution >= 0.6 is 0 Å². The van der Waals surface area contributed by atoms with E-state index in [2.05, 4.69) is 31.2 Å². The van der Waals surface area contributed by atoms with Gasteiger partial charge in [-0.1, -0.05) is 69.7 Å². The van der Waals surface area contributed by atoms with Crippen LogP contribution in [0.15, 0.2) is 24.3 Å². The Kier molecular flexibility index (Phi) is 4.65. The van der Waals surface area contributed by atoms with Gasteiger partial charge in [0.15, 0.2) is 0 Å². The molecule has 1 fully saturated rings. The van der Waals surface area contributed by atoms with Gasteiger partial charge in [0.2, 0.25) is 0 Å². The Morgan fingerprint density at radius 3 is 2.65 bits per heavy atom. The summed E-state index contributed by atoms with van der Waals surface area (Å²) in [5.41, 5.74) is 2.04. The molecule has 1 aliphatic rings. The second-order valence-corrected chi connectivity index (χ2v) is 5.59. The van der Waals surface area contributed by atoms with Crippen molar-refractivity contribution in [1.82, 2.24) is 0 Å². The van der Waals surface area contributed by atoms with Crippen LogP contribution in [0.5, 0.6) is 0 Å². The minimum absolute atomic E-state index is 0.491. The summed E-state index contributed by atoms with van der Waals surface area (Å²) in [4.78, 5) is 0. The Morgan fingerprint density at radius 2 is 2.00 bits per heavy atom. The first kappa shape index (κ1) is 12.7. The van der Waals surface area contributed by atoms with Crippen LogP contribution in [0.1, 0.15) is 70.3 Å². The van der Waals surface area contributed by atoms with E-state index >= 15 is 0 Å². The van der Waals surface area contributed by atoms with Crippen LogP contribution in [0, 0.1) is 6.07 Å². The van der Waals surface area contributed by atoms with E-state index in [0.29, 0.717) is 5.41 Å². The van der Waals surface area contributed by atoms with Crippen LogP contribution < -0.4 is 0 Å². The minimum atomic E-state index is 0.491. The van der Waals surface area contributed by atoms with Gasteiger partial charge in [-0.3, -0.25) is 0 Å². The van der Waals surface area contributed by atoms with Gasteiger partial charge in [0.25, 0.3) is 0 Å². The number of rotatable bonds is 5. The molecule has 0 aliphatic heterocycles. The molecular formula is C17H25. The molecule has 1 aromatic carbocycles. The molecule has 1 radical (unpaired) electrons. The molecule has 0 atom stereocenters. The van der Waals surface area contributed by atoms with E-state index in [4.69, 9.17) is 0 Å². The SMILES string of the molecule is CCCCCC1(c2c[c]ccc2)CCCCC1. The maximum absolute atomic E-state index is 3.27. The molecule has 0 N–H and O–H groups in total. The smallest absolute Gasteiger partial charge is 0.00467 e. The third-order valence-corrected chi connectivity index (χ3v) is 4.39. The van der Waals surface area contributed by atoms with E-state index in [1.54, 1.807) is 5.56 Å². The molecular weight excluding hydrogens is 204 g/mol. The maximum Gasteiger partial charge on any atom is -0.00467 e. The summed E-state index contributed by atoms with van der Waals surface area (Å²) >= 11 is 0. The fraction of sp³-hybridized carbons (Fsp3) is 0.647. The Balaban J connectivity index is 2.11. The monoisotopic (exact) mass is 229 g/mol. The van der Waals surface area contributed by atoms with Crippen LogP contribution in [0.4, 0.5) is 0 Å². The van der Waals surface area contributed by atoms with Crippen LogP contribution in [-0.2, 0) is 5.41 Å². The Hall–Kier alpha value is -0.780. The van der Waals surface area contributed by atoms with E-state index in [0.717, 1.165) is 0 Å². The van der Waals surface area contributed by atoms with Crippen molar-refractivity contribution in [2.45, 2.75) is 70.1 Å². The van der Waals surface area contributed by atoms with Crippen molar-refractivity contribution in [3.8, 4) is 0 Å². The molecule has 0 bridgehead atoms. The summed E-state index contributed by atoms with van der Waals surface area (Å²) in [5.74, 6) is 0. The van der Waals surface area contributed by atoms with E-state index in [9.17, 15) is 0 Å². The third-order valence-electron chi connectivity index (χ3n) is 4.39. The molecule has 0 spiro atoms. The highest BCUT2D eigenvalue weighted by atomic mass is 14.4. The van der Waals surface area contributed by atoms with Gasteiger partial charge < -0.3 is 0 Å². The van der Waals surface area contributed by atoms with Crippen molar-refractivity contribution < 1.29 is 0 Å². The van der Waals surface area contributed by atoms with Crippen molar-refractivity contribution in [2.24, 2.45) is 0 Å². The van der Waals surface area contributed by atoms with Crippen LogP contribution in [0.3, 0.4) is 0 Å². The van der Waals surface area contributed by atoms with Gasteiger partial charge in [-0.05, 0) is 36.3 Å². The zero-order chi connectivity index (χ0) is 12.0. The topological polar surface area (TPSA) is 0 Å². The number of hydrogen-bond donors (Lipinski definition) is 0. The van der Waals surface area contributed by atoms with Gasteiger partial charge in [-0.25, -0.2) is 0 Å². The van der Waals surface area contributed by atoms with Gasteiger partial charge >= 0.3 is 0 Å². The first-order chi connectivity index (χ1) is 8.37. The standard InChI is InChI=1S/C17H25/c1-2-3-8-13-17(14-9-5-10-15-17)16-11-6-4-7-12-16/h4,6,11-12H,2-3,5,8-10,13-15H2,1H3. The lowest BCUT2D eigenvalue weighted by Crippen LogP contribution is -2.29. The first-order valence-electron chi connectivity index (χ1n) is 7.34. The van der Waals surface area contributed by atoms with Gasteiger partial charge in [0.05, 0.1) is 0 Å². The molecule has 0 aromatic heterocycles. The summed E-state index contributed by atoms with van der Waals surface area (Å²) in [5, 5.41) is 0. The largest absolute Gasteiger partial charge is 0.0654 e. The van der Waals surface area contributed by atoms with Crippen molar-refractivity contribution >= 4 is 0 Å². The molecule has 17 heavy (non-hydrogen) atoms. The first-order valence-corrected chi connectivity index (χ1v) is 7.34. The van der Waals surface area contributed by atoms with Gasteiger partial charge in [0.1, 0.15) is 0 Å². The van der Waals surface area contributed by atoms with Crippen molar-refractivity contribution in [1.29, 1.82) is 0 Å². The molecule has 1 aliphatic carbocycles. The molecule has 1 saturated carbocycles. The van der Waals surface area contributed by atoms with Gasteiger partial charge in [-0.2, -0.15) is 0 Å². The van der Waals surface area contributed by atoms with Crippen LogP contribution in [0.2, 0.25) is 0 Å². The van der Waals surface area contributed by atoms with Crippen molar-refractivity contribution in [3.63, 3.8) is 0 Å². The zero-order valence-electron chi connectivity index (χ0n) is 11.2. The Morgan fingerprint density at radius 1 is 1.18 bits per heavy atom. The lowest BCUT2D eigenvalue weighted by atomic mass is 9.66. The molecule has 0 nitrogen and oxygen atoms in total. The lowest BCUT2D eigenvalue weighted by Gasteiger charge is -2.38. The predicted molar refractivity (Wildman–Crippen MR) is 74.2 cm³/mol. The molecule has 0 unspecified atom stereocenters. The average Bonchev–Trinajstić information content (AvgIpc) is 2.41. The molecule has 0 heterocycles. The fourth-order valence-corrected chi connectivity index (χ4v) is 3.35. The molecule has 93 valence electrons. The summed E-state index contributed by atoms with van der Waals surface area (Å²) in [7, 11) is 0. The Bertz CT molecular complexity index is 306. The van der Waals surface area contributed by atoms with E-state index in [-0.39, 0.29) is 0 Å². The number of benzene rings is 1. The summed E-state index contributed by atoms with van der Waals surface area (Å²) in [6, 6.07) is 12.0. The highest BCUT2D eigenvalue weighted by Crippen LogP contribution is 2.43. The quantitative estimate of drug-likeness (QED) is 0.603. The van der Waals surface area contributed by atoms with Crippen LogP contribution in [0.25, 0.3) is 0 Å². The van der Waals surface area contributed by atoms with E-state index < -0.39 is 0 Å². The average molecular weight is 229 g/mol. The highest BCUT2D eigenvalue weighted by molar-refractivity contribution is 5.25. The van der Waals surface area contributed by atoms with Crippen molar-refractivity contribution in [3.05, 3.63) is 35.9 Å². The third kappa shape index (κ3) is 3.12. The highest BCUT2D eigenvalue weighted by Gasteiger charge is 2.32.